The molecule has 1 heterocycles. The first-order valence-electron chi connectivity index (χ1n) is 2.65. The van der Waals surface area contributed by atoms with Crippen LogP contribution in [0.5, 0.6) is 0 Å². The second-order valence-electron chi connectivity index (χ2n) is 2.35. The van der Waals surface area contributed by atoms with Crippen molar-refractivity contribution in [2.75, 3.05) is 6.54 Å². The summed E-state index contributed by atoms with van der Waals surface area (Å²) in [6.07, 6.45) is 1.16. The molecular formula is C5H7NO. The summed E-state index contributed by atoms with van der Waals surface area (Å²) in [5.74, 6) is 1.44. The van der Waals surface area contributed by atoms with E-state index in [1.165, 1.54) is 0 Å². The highest BCUT2D eigenvalue weighted by atomic mass is 16.2. The smallest absolute Gasteiger partial charge is 0.223 e. The van der Waals surface area contributed by atoms with Crippen molar-refractivity contribution in [2.45, 2.75) is 6.42 Å². The topological polar surface area (TPSA) is 29.1 Å². The van der Waals surface area contributed by atoms with Crippen LogP contribution in [0.25, 0.3) is 0 Å². The van der Waals surface area contributed by atoms with Crippen LogP contribution in [0.15, 0.2) is 0 Å². The van der Waals surface area contributed by atoms with Gasteiger partial charge in [0.1, 0.15) is 0 Å². The van der Waals surface area contributed by atoms with Crippen molar-refractivity contribution in [3.05, 3.63) is 0 Å². The molecule has 0 aromatic heterocycles. The number of amides is 1. The van der Waals surface area contributed by atoms with Crippen LogP contribution in [0.1, 0.15) is 6.42 Å². The van der Waals surface area contributed by atoms with Crippen LogP contribution in [0.4, 0.5) is 0 Å². The minimum atomic E-state index is 0.282. The molecule has 2 rings (SSSR count). The maximum Gasteiger partial charge on any atom is 0.223 e. The van der Waals surface area contributed by atoms with Crippen molar-refractivity contribution >= 4 is 5.91 Å². The Kier molecular flexibility index (Phi) is 0.412. The summed E-state index contributed by atoms with van der Waals surface area (Å²) in [6, 6.07) is 0. The van der Waals surface area contributed by atoms with E-state index in [1.807, 2.05) is 0 Å². The van der Waals surface area contributed by atoms with Crippen molar-refractivity contribution in [3.8, 4) is 0 Å². The molecule has 0 radical (unpaired) electrons. The summed E-state index contributed by atoms with van der Waals surface area (Å²) in [4.78, 5) is 10.5. The van der Waals surface area contributed by atoms with E-state index in [4.69, 9.17) is 0 Å². The van der Waals surface area contributed by atoms with Crippen LogP contribution in [0.2, 0.25) is 0 Å². The normalized spacial score (nSPS) is 45.4. The lowest BCUT2D eigenvalue weighted by Crippen LogP contribution is -2.18. The minimum absolute atomic E-state index is 0.282. The van der Waals surface area contributed by atoms with E-state index in [9.17, 15) is 4.79 Å². The van der Waals surface area contributed by atoms with Crippen LogP contribution >= 0.6 is 0 Å². The third-order valence-corrected chi connectivity index (χ3v) is 1.80. The summed E-state index contributed by atoms with van der Waals surface area (Å²) in [5, 5.41) is 2.78. The monoisotopic (exact) mass is 97.1 g/mol. The standard InChI is InChI=1S/C5H7NO/c7-5-4-1-3(4)2-6-5/h3-4H,1-2H2,(H,6,7)/t3-,4-/m1/s1. The zero-order chi connectivity index (χ0) is 4.85. The van der Waals surface area contributed by atoms with Crippen LogP contribution < -0.4 is 5.32 Å². The predicted molar refractivity (Wildman–Crippen MR) is 24.6 cm³/mol. The maximum atomic E-state index is 10.5. The van der Waals surface area contributed by atoms with Gasteiger partial charge in [-0.05, 0) is 12.3 Å². The van der Waals surface area contributed by atoms with Crippen molar-refractivity contribution in [2.24, 2.45) is 11.8 Å². The summed E-state index contributed by atoms with van der Waals surface area (Å²) >= 11 is 0. The largest absolute Gasteiger partial charge is 0.356 e. The number of fused-ring (bicyclic) bond motifs is 1. The van der Waals surface area contributed by atoms with E-state index in [1.54, 1.807) is 0 Å². The number of carbonyl (C=O) groups excluding carboxylic acids is 1. The Morgan fingerprint density at radius 2 is 2.57 bits per heavy atom. The van der Waals surface area contributed by atoms with Gasteiger partial charge in [0.25, 0.3) is 0 Å². The third kappa shape index (κ3) is 0.315. The first-order valence-corrected chi connectivity index (χ1v) is 2.65. The Morgan fingerprint density at radius 3 is 2.71 bits per heavy atom. The highest BCUT2D eigenvalue weighted by Gasteiger charge is 2.47. The van der Waals surface area contributed by atoms with E-state index in [2.05, 4.69) is 5.32 Å². The lowest BCUT2D eigenvalue weighted by molar-refractivity contribution is -0.120. The van der Waals surface area contributed by atoms with Crippen molar-refractivity contribution in [1.29, 1.82) is 0 Å². The molecule has 1 N–H and O–H groups in total. The van der Waals surface area contributed by atoms with Crippen molar-refractivity contribution in [1.82, 2.24) is 5.32 Å². The highest BCUT2D eigenvalue weighted by molar-refractivity contribution is 5.84. The molecule has 2 fully saturated rings. The Bertz CT molecular complexity index is 121. The average Bonchev–Trinajstić information content (AvgIpc) is 2.33. The number of piperidine rings is 1. The number of hydrogen-bond acceptors (Lipinski definition) is 1. The number of rotatable bonds is 0. The van der Waals surface area contributed by atoms with E-state index in [-0.39, 0.29) is 5.91 Å². The highest BCUT2D eigenvalue weighted by Crippen LogP contribution is 2.41. The Hall–Kier alpha value is -0.530. The molecule has 0 aromatic carbocycles. The third-order valence-electron chi connectivity index (χ3n) is 1.80. The van der Waals surface area contributed by atoms with Crippen LogP contribution in [-0.2, 0) is 4.79 Å². The average molecular weight is 97.1 g/mol. The molecular weight excluding hydrogens is 90.1 g/mol. The van der Waals surface area contributed by atoms with E-state index < -0.39 is 0 Å². The van der Waals surface area contributed by atoms with Crippen LogP contribution in [0.3, 0.4) is 0 Å². The molecule has 1 saturated heterocycles. The van der Waals surface area contributed by atoms with Gasteiger partial charge >= 0.3 is 0 Å². The van der Waals surface area contributed by atoms with Gasteiger partial charge in [-0.15, -0.1) is 0 Å². The number of hydrogen-bond donors (Lipinski definition) is 1. The Morgan fingerprint density at radius 1 is 1.71 bits per heavy atom. The molecule has 2 atom stereocenters. The second-order valence-corrected chi connectivity index (χ2v) is 2.35. The van der Waals surface area contributed by atoms with E-state index in [0.717, 1.165) is 18.9 Å². The Balaban J connectivity index is 2.21. The van der Waals surface area contributed by atoms with Crippen molar-refractivity contribution in [3.63, 3.8) is 0 Å². The molecule has 7 heavy (non-hydrogen) atoms. The Labute approximate surface area is 41.9 Å². The van der Waals surface area contributed by atoms with Crippen LogP contribution in [0, 0.1) is 11.8 Å². The van der Waals surface area contributed by atoms with Crippen molar-refractivity contribution < 1.29 is 4.79 Å². The molecule has 1 aliphatic heterocycles. The molecule has 38 valence electrons. The number of nitrogens with one attached hydrogen (secondary N) is 1. The van der Waals surface area contributed by atoms with E-state index in [0.29, 0.717) is 5.92 Å². The first-order chi connectivity index (χ1) is 3.38. The van der Waals surface area contributed by atoms with Gasteiger partial charge in [-0.25, -0.2) is 0 Å². The van der Waals surface area contributed by atoms with Gasteiger partial charge in [0, 0.05) is 12.5 Å². The lowest BCUT2D eigenvalue weighted by atomic mass is 10.4. The van der Waals surface area contributed by atoms with Gasteiger partial charge in [0.2, 0.25) is 5.91 Å². The zero-order valence-electron chi connectivity index (χ0n) is 3.98. The summed E-state index contributed by atoms with van der Waals surface area (Å²) in [7, 11) is 0. The molecule has 2 nitrogen and oxygen atoms in total. The fourth-order valence-corrected chi connectivity index (χ4v) is 1.16. The first kappa shape index (κ1) is 3.47. The van der Waals surface area contributed by atoms with Gasteiger partial charge in [-0.1, -0.05) is 0 Å². The SMILES string of the molecule is O=C1NC[C@H]2C[C@@H]12. The molecule has 1 saturated carbocycles. The van der Waals surface area contributed by atoms with E-state index >= 15 is 0 Å². The van der Waals surface area contributed by atoms with Gasteiger partial charge in [-0.3, -0.25) is 4.79 Å². The molecule has 0 aromatic rings. The van der Waals surface area contributed by atoms with Gasteiger partial charge in [-0.2, -0.15) is 0 Å². The molecule has 1 amide bonds. The predicted octanol–water partition coefficient (Wildman–Crippen LogP) is -0.248. The quantitative estimate of drug-likeness (QED) is 0.444. The van der Waals surface area contributed by atoms with Gasteiger partial charge in [0.15, 0.2) is 0 Å². The van der Waals surface area contributed by atoms with Crippen LogP contribution in [-0.4, -0.2) is 12.5 Å². The fraction of sp³-hybridized carbons (Fsp3) is 0.800. The summed E-state index contributed by atoms with van der Waals surface area (Å²) in [5.41, 5.74) is 0. The lowest BCUT2D eigenvalue weighted by Gasteiger charge is -1.89. The van der Waals surface area contributed by atoms with Gasteiger partial charge < -0.3 is 5.32 Å². The second kappa shape index (κ2) is 0.831. The fourth-order valence-electron chi connectivity index (χ4n) is 1.16. The molecule has 2 heteroatoms. The molecule has 0 spiro atoms. The molecule has 0 bridgehead atoms. The molecule has 0 unspecified atom stereocenters. The number of carbonyl (C=O) groups is 1. The molecule has 1 aliphatic carbocycles. The molecule has 2 aliphatic rings. The maximum absolute atomic E-state index is 10.5. The zero-order valence-corrected chi connectivity index (χ0v) is 3.98. The van der Waals surface area contributed by atoms with Gasteiger partial charge in [0.05, 0.1) is 0 Å². The summed E-state index contributed by atoms with van der Waals surface area (Å²) in [6.45, 7) is 0.948. The minimum Gasteiger partial charge on any atom is -0.356 e. The summed E-state index contributed by atoms with van der Waals surface area (Å²) < 4.78 is 0.